The van der Waals surface area contributed by atoms with Crippen LogP contribution >= 0.6 is 11.6 Å². The van der Waals surface area contributed by atoms with Gasteiger partial charge in [0, 0.05) is 12.6 Å². The van der Waals surface area contributed by atoms with Crippen molar-refractivity contribution >= 4 is 40.8 Å². The monoisotopic (exact) mass is 471 g/mol. The number of nitrogens with one attached hydrogen (secondary N) is 3. The maximum atomic E-state index is 13.7. The van der Waals surface area contributed by atoms with Crippen molar-refractivity contribution in [3.63, 3.8) is 0 Å². The molecule has 1 aromatic heterocycles. The zero-order valence-electron chi connectivity index (χ0n) is 19.5. The zero-order valence-corrected chi connectivity index (χ0v) is 20.2. The van der Waals surface area contributed by atoms with E-state index in [2.05, 4.69) is 20.9 Å². The third-order valence-corrected chi connectivity index (χ3v) is 6.20. The van der Waals surface area contributed by atoms with E-state index < -0.39 is 18.1 Å². The highest BCUT2D eigenvalue weighted by Gasteiger charge is 2.43. The summed E-state index contributed by atoms with van der Waals surface area (Å²) in [4.78, 5) is 45.4. The molecule has 3 N–H and O–H groups in total. The van der Waals surface area contributed by atoms with Crippen molar-refractivity contribution in [2.45, 2.75) is 52.2 Å². The van der Waals surface area contributed by atoms with Crippen LogP contribution in [-0.4, -0.2) is 47.9 Å². The molecule has 8 nitrogen and oxygen atoms in total. The Hall–Kier alpha value is -2.97. The Balaban J connectivity index is 1.94. The van der Waals surface area contributed by atoms with E-state index in [1.54, 1.807) is 38.4 Å². The first kappa shape index (κ1) is 24.7. The Morgan fingerprint density at radius 2 is 1.88 bits per heavy atom. The van der Waals surface area contributed by atoms with Crippen LogP contribution in [0.3, 0.4) is 0 Å². The quantitative estimate of drug-likeness (QED) is 0.576. The second-order valence-electron chi connectivity index (χ2n) is 8.58. The second-order valence-corrected chi connectivity index (χ2v) is 8.98. The third kappa shape index (κ3) is 5.17. The maximum absolute atomic E-state index is 13.7. The molecule has 0 spiro atoms. The number of hydrogen-bond donors (Lipinski definition) is 3. The van der Waals surface area contributed by atoms with E-state index in [1.165, 1.54) is 4.90 Å². The number of anilines is 2. The number of benzene rings is 1. The van der Waals surface area contributed by atoms with Gasteiger partial charge in [0.15, 0.2) is 0 Å². The van der Waals surface area contributed by atoms with Crippen molar-refractivity contribution in [3.05, 3.63) is 52.7 Å². The van der Waals surface area contributed by atoms with Crippen LogP contribution < -0.4 is 20.9 Å². The molecule has 2 heterocycles. The van der Waals surface area contributed by atoms with E-state index in [1.807, 2.05) is 32.9 Å². The minimum Gasteiger partial charge on any atom is -0.343 e. The van der Waals surface area contributed by atoms with Crippen molar-refractivity contribution in [2.24, 2.45) is 5.92 Å². The van der Waals surface area contributed by atoms with Gasteiger partial charge in [-0.2, -0.15) is 0 Å². The Bertz CT molecular complexity index is 1040. The highest BCUT2D eigenvalue weighted by atomic mass is 35.5. The number of carbonyl (C=O) groups is 3. The summed E-state index contributed by atoms with van der Waals surface area (Å²) in [6.07, 6.45) is 1.90. The summed E-state index contributed by atoms with van der Waals surface area (Å²) in [6.45, 7) is 7.27. The van der Waals surface area contributed by atoms with E-state index >= 15 is 0 Å². The number of fused-ring (bicyclic) bond motifs is 1. The minimum absolute atomic E-state index is 0.201. The predicted octanol–water partition coefficient (Wildman–Crippen LogP) is 2.69. The van der Waals surface area contributed by atoms with Gasteiger partial charge in [-0.15, -0.1) is 0 Å². The number of carbonyl (C=O) groups excluding carboxylic acids is 3. The van der Waals surface area contributed by atoms with Crippen LogP contribution in [0.4, 0.5) is 11.5 Å². The van der Waals surface area contributed by atoms with Crippen molar-refractivity contribution in [2.75, 3.05) is 17.3 Å². The summed E-state index contributed by atoms with van der Waals surface area (Å²) >= 11 is 6.30. The molecule has 0 saturated carbocycles. The molecule has 3 atom stereocenters. The lowest BCUT2D eigenvalue weighted by Gasteiger charge is -2.31. The molecule has 1 aliphatic rings. The number of para-hydroxylation sites is 1. The summed E-state index contributed by atoms with van der Waals surface area (Å²) in [6, 6.07) is 6.87. The maximum Gasteiger partial charge on any atom is 0.251 e. The molecule has 0 saturated heterocycles. The average Bonchev–Trinajstić information content (AvgIpc) is 3.18. The Morgan fingerprint density at radius 3 is 2.52 bits per heavy atom. The van der Waals surface area contributed by atoms with Crippen molar-refractivity contribution in [3.8, 4) is 0 Å². The van der Waals surface area contributed by atoms with Gasteiger partial charge in [-0.05, 0) is 50.1 Å². The highest BCUT2D eigenvalue weighted by Crippen LogP contribution is 2.33. The number of pyridine rings is 1. The number of aryl methyl sites for hydroxylation is 1. The molecule has 176 valence electrons. The number of aromatic nitrogens is 1. The molecule has 0 radical (unpaired) electrons. The number of likely N-dealkylation sites (N-methyl/N-ethyl adjacent to an activating group) is 1. The molecule has 3 rings (SSSR count). The minimum atomic E-state index is -0.821. The molecule has 2 unspecified atom stereocenters. The Kier molecular flexibility index (Phi) is 7.71. The van der Waals surface area contributed by atoms with Gasteiger partial charge in [-0.3, -0.25) is 19.3 Å². The van der Waals surface area contributed by atoms with E-state index in [-0.39, 0.29) is 23.6 Å². The number of amides is 3. The SMILES string of the molecule is CN[C@@H](C)C(=O)NC(C(=O)N1c2ncccc2CC1C(=O)Nc1c(C)cccc1Cl)C(C)C. The summed E-state index contributed by atoms with van der Waals surface area (Å²) in [7, 11) is 1.67. The standard InChI is InChI=1S/C24H30ClN5O3/c1-13(2)19(28-22(31)15(4)26-5)24(33)30-18(12-16-9-7-11-27-21(16)30)23(32)29-20-14(3)8-6-10-17(20)25/h6-11,13,15,18-19,26H,12H2,1-5H3,(H,28,31)(H,29,32)/t15-,18?,19?/m0/s1. The average molecular weight is 472 g/mol. The summed E-state index contributed by atoms with van der Waals surface area (Å²) in [5, 5.41) is 9.01. The van der Waals surface area contributed by atoms with Crippen LogP contribution in [-0.2, 0) is 20.8 Å². The Morgan fingerprint density at radius 1 is 1.15 bits per heavy atom. The molecule has 9 heteroatoms. The molecular weight excluding hydrogens is 442 g/mol. The molecule has 1 aliphatic heterocycles. The van der Waals surface area contributed by atoms with E-state index in [9.17, 15) is 14.4 Å². The summed E-state index contributed by atoms with van der Waals surface area (Å²) in [5.41, 5.74) is 2.12. The molecule has 3 amide bonds. The fraction of sp³-hybridized carbons (Fsp3) is 0.417. The summed E-state index contributed by atoms with van der Waals surface area (Å²) < 4.78 is 0. The van der Waals surface area contributed by atoms with Gasteiger partial charge in [0.2, 0.25) is 11.8 Å². The van der Waals surface area contributed by atoms with Gasteiger partial charge in [-0.1, -0.05) is 43.6 Å². The molecular formula is C24H30ClN5O3. The van der Waals surface area contributed by atoms with E-state index in [4.69, 9.17) is 11.6 Å². The first-order valence-corrected chi connectivity index (χ1v) is 11.3. The number of halogens is 1. The van der Waals surface area contributed by atoms with Gasteiger partial charge in [-0.25, -0.2) is 4.98 Å². The molecule has 0 bridgehead atoms. The van der Waals surface area contributed by atoms with Crippen molar-refractivity contribution in [1.29, 1.82) is 0 Å². The van der Waals surface area contributed by atoms with Gasteiger partial charge in [0.25, 0.3) is 5.91 Å². The van der Waals surface area contributed by atoms with Crippen LogP contribution in [0.25, 0.3) is 0 Å². The first-order chi connectivity index (χ1) is 15.6. The number of nitrogens with zero attached hydrogens (tertiary/aromatic N) is 2. The van der Waals surface area contributed by atoms with Crippen LogP contribution in [0.5, 0.6) is 0 Å². The molecule has 33 heavy (non-hydrogen) atoms. The first-order valence-electron chi connectivity index (χ1n) is 11.0. The highest BCUT2D eigenvalue weighted by molar-refractivity contribution is 6.34. The fourth-order valence-electron chi connectivity index (χ4n) is 3.79. The van der Waals surface area contributed by atoms with Crippen LogP contribution in [0.15, 0.2) is 36.5 Å². The third-order valence-electron chi connectivity index (χ3n) is 5.89. The molecule has 0 aliphatic carbocycles. The van der Waals surface area contributed by atoms with Gasteiger partial charge >= 0.3 is 0 Å². The fourth-order valence-corrected chi connectivity index (χ4v) is 4.06. The van der Waals surface area contributed by atoms with Crippen molar-refractivity contribution < 1.29 is 14.4 Å². The Labute approximate surface area is 199 Å². The largest absolute Gasteiger partial charge is 0.343 e. The van der Waals surface area contributed by atoms with Crippen LogP contribution in [0.2, 0.25) is 5.02 Å². The smallest absolute Gasteiger partial charge is 0.251 e. The topological polar surface area (TPSA) is 103 Å². The van der Waals surface area contributed by atoms with E-state index in [0.29, 0.717) is 22.9 Å². The number of hydrogen-bond acceptors (Lipinski definition) is 5. The molecule has 1 aromatic carbocycles. The van der Waals surface area contributed by atoms with Gasteiger partial charge in [0.1, 0.15) is 17.9 Å². The second kappa shape index (κ2) is 10.3. The lowest BCUT2D eigenvalue weighted by molar-refractivity contribution is -0.130. The van der Waals surface area contributed by atoms with Gasteiger partial charge < -0.3 is 16.0 Å². The molecule has 2 aromatic rings. The predicted molar refractivity (Wildman–Crippen MR) is 129 cm³/mol. The molecule has 0 fully saturated rings. The van der Waals surface area contributed by atoms with Crippen molar-refractivity contribution in [1.82, 2.24) is 15.6 Å². The lowest BCUT2D eigenvalue weighted by Crippen LogP contribution is -2.57. The zero-order chi connectivity index (χ0) is 24.3. The van der Waals surface area contributed by atoms with Gasteiger partial charge in [0.05, 0.1) is 16.8 Å². The normalized spacial score (nSPS) is 16.8. The van der Waals surface area contributed by atoms with Crippen LogP contribution in [0, 0.1) is 12.8 Å². The van der Waals surface area contributed by atoms with Crippen LogP contribution in [0.1, 0.15) is 31.9 Å². The lowest BCUT2D eigenvalue weighted by atomic mass is 10.0. The van der Waals surface area contributed by atoms with E-state index in [0.717, 1.165) is 11.1 Å². The summed E-state index contributed by atoms with van der Waals surface area (Å²) in [5.74, 6) is -0.810. The number of rotatable bonds is 7.